The SMILES string of the molecule is CCNC(=S)N1CCC([C@H](NC(=O)c2ccccc2F)C(=O)N[C@@H](C)CC)CC1. The Labute approximate surface area is 177 Å². The van der Waals surface area contributed by atoms with E-state index in [1.165, 1.54) is 18.2 Å². The third-order valence-electron chi connectivity index (χ3n) is 5.31. The second-order valence-corrected chi connectivity index (χ2v) is 7.80. The van der Waals surface area contributed by atoms with Gasteiger partial charge in [0.1, 0.15) is 11.9 Å². The maximum Gasteiger partial charge on any atom is 0.254 e. The maximum atomic E-state index is 14.0. The van der Waals surface area contributed by atoms with Crippen molar-refractivity contribution in [1.82, 2.24) is 20.9 Å². The first kappa shape index (κ1) is 23.1. The van der Waals surface area contributed by atoms with E-state index in [4.69, 9.17) is 12.2 Å². The lowest BCUT2D eigenvalue weighted by Gasteiger charge is -2.37. The Morgan fingerprint density at radius 3 is 2.45 bits per heavy atom. The summed E-state index contributed by atoms with van der Waals surface area (Å²) in [6.07, 6.45) is 2.21. The van der Waals surface area contributed by atoms with E-state index >= 15 is 0 Å². The second kappa shape index (κ2) is 11.1. The highest BCUT2D eigenvalue weighted by Gasteiger charge is 2.34. The minimum absolute atomic E-state index is 0.00298. The van der Waals surface area contributed by atoms with E-state index < -0.39 is 17.8 Å². The van der Waals surface area contributed by atoms with Crippen molar-refractivity contribution in [2.75, 3.05) is 19.6 Å². The molecule has 0 aromatic heterocycles. The van der Waals surface area contributed by atoms with Gasteiger partial charge in [-0.05, 0) is 63.4 Å². The molecule has 2 rings (SSSR count). The molecule has 2 amide bonds. The van der Waals surface area contributed by atoms with Crippen LogP contribution in [0.15, 0.2) is 24.3 Å². The number of hydrogen-bond donors (Lipinski definition) is 3. The highest BCUT2D eigenvalue weighted by Crippen LogP contribution is 2.22. The number of piperidine rings is 1. The molecular weight excluding hydrogens is 391 g/mol. The van der Waals surface area contributed by atoms with Crippen LogP contribution in [0.1, 0.15) is 50.4 Å². The molecule has 0 saturated carbocycles. The molecule has 0 radical (unpaired) electrons. The highest BCUT2D eigenvalue weighted by molar-refractivity contribution is 7.80. The number of amides is 2. The molecule has 1 saturated heterocycles. The largest absolute Gasteiger partial charge is 0.363 e. The summed E-state index contributed by atoms with van der Waals surface area (Å²) in [5.41, 5.74) is -0.0559. The number of thiocarbonyl (C=S) groups is 1. The van der Waals surface area contributed by atoms with Crippen LogP contribution in [-0.2, 0) is 4.79 Å². The summed E-state index contributed by atoms with van der Waals surface area (Å²) in [5, 5.41) is 9.59. The van der Waals surface area contributed by atoms with Crippen molar-refractivity contribution in [2.45, 2.75) is 52.1 Å². The predicted octanol–water partition coefficient (Wildman–Crippen LogP) is 2.45. The monoisotopic (exact) mass is 422 g/mol. The molecule has 8 heteroatoms. The number of rotatable bonds is 7. The molecule has 2 atom stereocenters. The molecule has 1 aliphatic heterocycles. The van der Waals surface area contributed by atoms with Gasteiger partial charge in [0.05, 0.1) is 5.56 Å². The summed E-state index contributed by atoms with van der Waals surface area (Å²) in [5.74, 6) is -1.44. The number of hydrogen-bond acceptors (Lipinski definition) is 3. The van der Waals surface area contributed by atoms with Crippen LogP contribution in [0.3, 0.4) is 0 Å². The summed E-state index contributed by atoms with van der Waals surface area (Å²) in [6.45, 7) is 8.07. The first-order chi connectivity index (χ1) is 13.9. The standard InChI is InChI=1S/C21H31FN4O2S/c1-4-14(3)24-20(28)18(25-19(27)16-8-6-7-9-17(16)22)15-10-12-26(13-11-15)21(29)23-5-2/h6-9,14-15,18H,4-5,10-13H2,1-3H3,(H,23,29)(H,24,28)(H,25,27)/t14-,18-/m0/s1. The van der Waals surface area contributed by atoms with E-state index in [-0.39, 0.29) is 23.4 Å². The zero-order valence-electron chi connectivity index (χ0n) is 17.3. The predicted molar refractivity (Wildman–Crippen MR) is 116 cm³/mol. The van der Waals surface area contributed by atoms with Gasteiger partial charge in [0.2, 0.25) is 5.91 Å². The van der Waals surface area contributed by atoms with Crippen LogP contribution >= 0.6 is 12.2 Å². The van der Waals surface area contributed by atoms with Crippen molar-refractivity contribution in [2.24, 2.45) is 5.92 Å². The Morgan fingerprint density at radius 1 is 1.21 bits per heavy atom. The van der Waals surface area contributed by atoms with Crippen molar-refractivity contribution in [1.29, 1.82) is 0 Å². The Bertz CT molecular complexity index is 722. The maximum absolute atomic E-state index is 14.0. The molecule has 1 heterocycles. The van der Waals surface area contributed by atoms with Gasteiger partial charge in [-0.25, -0.2) is 4.39 Å². The number of carbonyl (C=O) groups is 2. The Morgan fingerprint density at radius 2 is 1.86 bits per heavy atom. The highest BCUT2D eigenvalue weighted by atomic mass is 32.1. The van der Waals surface area contributed by atoms with Crippen LogP contribution in [0, 0.1) is 11.7 Å². The van der Waals surface area contributed by atoms with Crippen LogP contribution in [0.4, 0.5) is 4.39 Å². The van der Waals surface area contributed by atoms with Crippen molar-refractivity contribution in [3.05, 3.63) is 35.6 Å². The fourth-order valence-corrected chi connectivity index (χ4v) is 3.72. The first-order valence-electron chi connectivity index (χ1n) is 10.3. The number of carbonyl (C=O) groups excluding carboxylic acids is 2. The smallest absolute Gasteiger partial charge is 0.254 e. The fraction of sp³-hybridized carbons (Fsp3) is 0.571. The fourth-order valence-electron chi connectivity index (χ4n) is 3.40. The van der Waals surface area contributed by atoms with Gasteiger partial charge in [-0.2, -0.15) is 0 Å². The molecular formula is C21H31FN4O2S. The lowest BCUT2D eigenvalue weighted by molar-refractivity contribution is -0.125. The number of nitrogens with zero attached hydrogens (tertiary/aromatic N) is 1. The molecule has 0 bridgehead atoms. The van der Waals surface area contributed by atoms with E-state index in [1.807, 2.05) is 20.8 Å². The van der Waals surface area contributed by atoms with Gasteiger partial charge < -0.3 is 20.9 Å². The minimum Gasteiger partial charge on any atom is -0.363 e. The normalized spacial score (nSPS) is 16.6. The molecule has 0 aliphatic carbocycles. The topological polar surface area (TPSA) is 73.5 Å². The molecule has 3 N–H and O–H groups in total. The molecule has 160 valence electrons. The molecule has 1 aromatic carbocycles. The molecule has 1 aliphatic rings. The minimum atomic E-state index is -0.717. The van der Waals surface area contributed by atoms with E-state index in [1.54, 1.807) is 6.07 Å². The van der Waals surface area contributed by atoms with Crippen molar-refractivity contribution >= 4 is 29.1 Å². The molecule has 0 unspecified atom stereocenters. The van der Waals surface area contributed by atoms with E-state index in [0.29, 0.717) is 31.0 Å². The third-order valence-corrected chi connectivity index (χ3v) is 5.72. The van der Waals surface area contributed by atoms with Gasteiger partial charge in [0.15, 0.2) is 5.11 Å². The van der Waals surface area contributed by atoms with Gasteiger partial charge in [0, 0.05) is 25.7 Å². The molecule has 0 spiro atoms. The zero-order valence-corrected chi connectivity index (χ0v) is 18.2. The Balaban J connectivity index is 2.11. The lowest BCUT2D eigenvalue weighted by Crippen LogP contribution is -2.55. The third kappa shape index (κ3) is 6.39. The zero-order chi connectivity index (χ0) is 21.4. The average molecular weight is 423 g/mol. The number of halogens is 1. The molecule has 1 aromatic rings. The van der Waals surface area contributed by atoms with Crippen LogP contribution in [0.2, 0.25) is 0 Å². The van der Waals surface area contributed by atoms with Gasteiger partial charge in [-0.3, -0.25) is 9.59 Å². The van der Waals surface area contributed by atoms with Crippen molar-refractivity contribution in [3.63, 3.8) is 0 Å². The quantitative estimate of drug-likeness (QED) is 0.589. The van der Waals surface area contributed by atoms with E-state index in [0.717, 1.165) is 13.0 Å². The summed E-state index contributed by atoms with van der Waals surface area (Å²) < 4.78 is 14.0. The van der Waals surface area contributed by atoms with Gasteiger partial charge in [0.25, 0.3) is 5.91 Å². The van der Waals surface area contributed by atoms with Crippen LogP contribution < -0.4 is 16.0 Å². The van der Waals surface area contributed by atoms with Gasteiger partial charge in [-0.1, -0.05) is 19.1 Å². The summed E-state index contributed by atoms with van der Waals surface area (Å²) in [7, 11) is 0. The molecule has 29 heavy (non-hydrogen) atoms. The van der Waals surface area contributed by atoms with E-state index in [9.17, 15) is 14.0 Å². The van der Waals surface area contributed by atoms with Crippen LogP contribution in [-0.4, -0.2) is 53.5 Å². The van der Waals surface area contributed by atoms with Crippen molar-refractivity contribution in [3.8, 4) is 0 Å². The second-order valence-electron chi connectivity index (χ2n) is 7.41. The summed E-state index contributed by atoms with van der Waals surface area (Å²) in [6, 6.07) is 5.08. The van der Waals surface area contributed by atoms with E-state index in [2.05, 4.69) is 20.9 Å². The van der Waals surface area contributed by atoms with Crippen LogP contribution in [0.5, 0.6) is 0 Å². The number of likely N-dealkylation sites (tertiary alicyclic amines) is 1. The first-order valence-corrected chi connectivity index (χ1v) is 10.7. The number of nitrogens with one attached hydrogen (secondary N) is 3. The lowest BCUT2D eigenvalue weighted by atomic mass is 9.88. The summed E-state index contributed by atoms with van der Waals surface area (Å²) >= 11 is 5.37. The number of benzene rings is 1. The Hall–Kier alpha value is -2.22. The van der Waals surface area contributed by atoms with Crippen LogP contribution in [0.25, 0.3) is 0 Å². The van der Waals surface area contributed by atoms with Crippen molar-refractivity contribution < 1.29 is 14.0 Å². The van der Waals surface area contributed by atoms with Gasteiger partial charge >= 0.3 is 0 Å². The average Bonchev–Trinajstić information content (AvgIpc) is 2.72. The van der Waals surface area contributed by atoms with Gasteiger partial charge in [-0.15, -0.1) is 0 Å². The Kier molecular flexibility index (Phi) is 8.82. The molecule has 6 nitrogen and oxygen atoms in total. The molecule has 1 fully saturated rings. The summed E-state index contributed by atoms with van der Waals surface area (Å²) in [4.78, 5) is 27.7.